The topological polar surface area (TPSA) is 55.8 Å². The average Bonchev–Trinajstić information content (AvgIpc) is 2.93. The van der Waals surface area contributed by atoms with E-state index in [4.69, 9.17) is 13.6 Å². The van der Waals surface area contributed by atoms with Crippen molar-refractivity contribution in [1.29, 1.82) is 0 Å². The van der Waals surface area contributed by atoms with Crippen LogP contribution in [0, 0.1) is 0 Å². The van der Waals surface area contributed by atoms with Crippen LogP contribution < -0.4 is 15.3 Å². The van der Waals surface area contributed by atoms with Crippen molar-refractivity contribution >= 4 is 27.6 Å². The van der Waals surface area contributed by atoms with Crippen LogP contribution >= 0.6 is 0 Å². The lowest BCUT2D eigenvalue weighted by molar-refractivity contribution is 0.423. The Morgan fingerprint density at radius 3 is 2.62 bits per heavy atom. The summed E-state index contributed by atoms with van der Waals surface area (Å²) in [6.07, 6.45) is 1.60. The molecule has 0 radical (unpaired) electrons. The van der Waals surface area contributed by atoms with Crippen molar-refractivity contribution in [2.75, 3.05) is 25.1 Å². The minimum atomic E-state index is -0.377. The third-order valence-corrected chi connectivity index (χ3v) is 3.70. The number of rotatable bonds is 4. The molecular weight excluding hydrogens is 270 g/mol. The predicted octanol–water partition coefficient (Wildman–Crippen LogP) is 3.39. The Kier molecular flexibility index (Phi) is 3.33. The molecule has 0 aliphatic carbocycles. The van der Waals surface area contributed by atoms with E-state index in [1.54, 1.807) is 19.4 Å². The van der Waals surface area contributed by atoms with Gasteiger partial charge in [-0.3, -0.25) is 0 Å². The first-order chi connectivity index (χ1) is 10.2. The average molecular weight is 287 g/mol. The van der Waals surface area contributed by atoms with Gasteiger partial charge in [0.05, 0.1) is 29.8 Å². The molecule has 0 saturated heterocycles. The minimum Gasteiger partial charge on any atom is -0.495 e. The van der Waals surface area contributed by atoms with Crippen LogP contribution in [0.4, 0.5) is 5.69 Å². The van der Waals surface area contributed by atoms with E-state index in [2.05, 4.69) is 4.90 Å². The van der Waals surface area contributed by atoms with Crippen molar-refractivity contribution in [2.45, 2.75) is 13.8 Å². The standard InChI is InChI=1S/C16H17NO4/c1-4-17(5-2)11-8-14(18)21-13-9-12-10(6-7-20-12)16(19-3)15(11)13/h6-9H,4-5H2,1-3H3. The van der Waals surface area contributed by atoms with Gasteiger partial charge in [0, 0.05) is 25.2 Å². The Balaban J connectivity index is 2.49. The second kappa shape index (κ2) is 5.16. The van der Waals surface area contributed by atoms with Gasteiger partial charge in [-0.2, -0.15) is 0 Å². The maximum absolute atomic E-state index is 11.8. The van der Waals surface area contributed by atoms with Gasteiger partial charge in [0.25, 0.3) is 0 Å². The van der Waals surface area contributed by atoms with Crippen molar-refractivity contribution < 1.29 is 13.6 Å². The largest absolute Gasteiger partial charge is 0.495 e. The highest BCUT2D eigenvalue weighted by molar-refractivity contribution is 6.06. The first-order valence-corrected chi connectivity index (χ1v) is 6.96. The lowest BCUT2D eigenvalue weighted by Gasteiger charge is -2.23. The van der Waals surface area contributed by atoms with Crippen LogP contribution in [0.25, 0.3) is 21.9 Å². The van der Waals surface area contributed by atoms with Gasteiger partial charge in [0.1, 0.15) is 16.9 Å². The zero-order valence-electron chi connectivity index (χ0n) is 12.3. The molecule has 0 bridgehead atoms. The number of ether oxygens (including phenoxy) is 1. The van der Waals surface area contributed by atoms with Gasteiger partial charge in [-0.1, -0.05) is 0 Å². The molecule has 21 heavy (non-hydrogen) atoms. The zero-order chi connectivity index (χ0) is 15.0. The second-order valence-electron chi connectivity index (χ2n) is 4.74. The molecule has 5 nitrogen and oxygen atoms in total. The molecule has 110 valence electrons. The van der Waals surface area contributed by atoms with E-state index in [1.807, 2.05) is 19.9 Å². The summed E-state index contributed by atoms with van der Waals surface area (Å²) in [5.41, 5.74) is 1.56. The molecule has 5 heteroatoms. The number of nitrogens with zero attached hydrogens (tertiary/aromatic N) is 1. The summed E-state index contributed by atoms with van der Waals surface area (Å²) in [5.74, 6) is 0.668. The summed E-state index contributed by atoms with van der Waals surface area (Å²) >= 11 is 0. The molecule has 2 aromatic heterocycles. The van der Waals surface area contributed by atoms with Crippen molar-refractivity contribution in [3.05, 3.63) is 34.9 Å². The van der Waals surface area contributed by atoms with E-state index >= 15 is 0 Å². The first-order valence-electron chi connectivity index (χ1n) is 6.96. The molecule has 1 aromatic carbocycles. The normalized spacial score (nSPS) is 11.2. The third kappa shape index (κ3) is 2.05. The molecule has 0 unspecified atom stereocenters. The summed E-state index contributed by atoms with van der Waals surface area (Å²) in [6.45, 7) is 5.68. The fraction of sp³-hybridized carbons (Fsp3) is 0.312. The van der Waals surface area contributed by atoms with E-state index in [0.717, 1.165) is 29.5 Å². The molecule has 0 spiro atoms. The maximum atomic E-state index is 11.8. The Labute approximate surface area is 121 Å². The lowest BCUT2D eigenvalue weighted by atomic mass is 10.1. The fourth-order valence-electron chi connectivity index (χ4n) is 2.73. The minimum absolute atomic E-state index is 0.377. The van der Waals surface area contributed by atoms with E-state index in [9.17, 15) is 4.79 Å². The maximum Gasteiger partial charge on any atom is 0.338 e. The third-order valence-electron chi connectivity index (χ3n) is 3.70. The molecule has 0 amide bonds. The molecule has 0 fully saturated rings. The number of hydrogen-bond acceptors (Lipinski definition) is 5. The first kappa shape index (κ1) is 13.5. The van der Waals surface area contributed by atoms with Gasteiger partial charge < -0.3 is 18.5 Å². The van der Waals surface area contributed by atoms with Crippen molar-refractivity contribution in [3.8, 4) is 5.75 Å². The van der Waals surface area contributed by atoms with Gasteiger partial charge >= 0.3 is 5.63 Å². The SMILES string of the molecule is CCN(CC)c1cc(=O)oc2cc3occc3c(OC)c12. The van der Waals surface area contributed by atoms with E-state index in [1.165, 1.54) is 6.07 Å². The van der Waals surface area contributed by atoms with Crippen molar-refractivity contribution in [3.63, 3.8) is 0 Å². The highest BCUT2D eigenvalue weighted by Gasteiger charge is 2.19. The lowest BCUT2D eigenvalue weighted by Crippen LogP contribution is -2.23. The summed E-state index contributed by atoms with van der Waals surface area (Å²) in [7, 11) is 1.61. The summed E-state index contributed by atoms with van der Waals surface area (Å²) in [4.78, 5) is 14.0. The Morgan fingerprint density at radius 1 is 1.19 bits per heavy atom. The fourth-order valence-corrected chi connectivity index (χ4v) is 2.73. The Bertz CT molecular complexity index is 842. The van der Waals surface area contributed by atoms with E-state index < -0.39 is 0 Å². The van der Waals surface area contributed by atoms with Crippen LogP contribution in [0.5, 0.6) is 5.75 Å². The molecule has 3 rings (SSSR count). The molecule has 0 aliphatic rings. The number of benzene rings is 1. The highest BCUT2D eigenvalue weighted by atomic mass is 16.5. The highest BCUT2D eigenvalue weighted by Crippen LogP contribution is 2.39. The monoisotopic (exact) mass is 287 g/mol. The van der Waals surface area contributed by atoms with E-state index in [-0.39, 0.29) is 5.63 Å². The summed E-state index contributed by atoms with van der Waals surface area (Å²) in [6, 6.07) is 5.11. The quantitative estimate of drug-likeness (QED) is 0.688. The number of fused-ring (bicyclic) bond motifs is 2. The summed E-state index contributed by atoms with van der Waals surface area (Å²) < 4.78 is 16.3. The number of anilines is 1. The molecule has 0 N–H and O–H groups in total. The molecular formula is C16H17NO4. The van der Waals surface area contributed by atoms with Crippen molar-refractivity contribution in [2.24, 2.45) is 0 Å². The smallest absolute Gasteiger partial charge is 0.338 e. The Hall–Kier alpha value is -2.43. The number of furan rings is 1. The molecule has 3 aromatic rings. The predicted molar refractivity (Wildman–Crippen MR) is 82.4 cm³/mol. The van der Waals surface area contributed by atoms with Crippen LogP contribution in [0.3, 0.4) is 0 Å². The van der Waals surface area contributed by atoms with E-state index in [0.29, 0.717) is 16.9 Å². The van der Waals surface area contributed by atoms with Gasteiger partial charge in [-0.05, 0) is 19.9 Å². The zero-order valence-corrected chi connectivity index (χ0v) is 12.3. The molecule has 0 saturated carbocycles. The summed E-state index contributed by atoms with van der Waals surface area (Å²) in [5, 5.41) is 1.67. The molecule has 2 heterocycles. The second-order valence-corrected chi connectivity index (χ2v) is 4.74. The Morgan fingerprint density at radius 2 is 1.95 bits per heavy atom. The molecule has 0 atom stereocenters. The van der Waals surface area contributed by atoms with Crippen molar-refractivity contribution in [1.82, 2.24) is 0 Å². The van der Waals surface area contributed by atoms with Crippen LogP contribution in [0.2, 0.25) is 0 Å². The van der Waals surface area contributed by atoms with Crippen LogP contribution in [-0.4, -0.2) is 20.2 Å². The number of methoxy groups -OCH3 is 1. The van der Waals surface area contributed by atoms with Crippen LogP contribution in [0.15, 0.2) is 38.1 Å². The molecule has 0 aliphatic heterocycles. The van der Waals surface area contributed by atoms with Gasteiger partial charge in [-0.15, -0.1) is 0 Å². The van der Waals surface area contributed by atoms with Crippen LogP contribution in [-0.2, 0) is 0 Å². The van der Waals surface area contributed by atoms with Gasteiger partial charge in [-0.25, -0.2) is 4.79 Å². The van der Waals surface area contributed by atoms with Gasteiger partial charge in [0.2, 0.25) is 0 Å². The van der Waals surface area contributed by atoms with Gasteiger partial charge in [0.15, 0.2) is 0 Å². The number of hydrogen-bond donors (Lipinski definition) is 0. The van der Waals surface area contributed by atoms with Crippen LogP contribution in [0.1, 0.15) is 13.8 Å².